The van der Waals surface area contributed by atoms with Gasteiger partial charge in [0.2, 0.25) is 6.33 Å². The van der Waals surface area contributed by atoms with Crippen molar-refractivity contribution < 1.29 is 20.0 Å². The van der Waals surface area contributed by atoms with Gasteiger partial charge in [0.1, 0.15) is 148 Å². The van der Waals surface area contributed by atoms with Crippen molar-refractivity contribution in [2.45, 2.75) is 27.4 Å². The summed E-state index contributed by atoms with van der Waals surface area (Å²) in [6.45, 7) is 6.14. The van der Waals surface area contributed by atoms with Gasteiger partial charge in [-0.15, -0.1) is 11.3 Å². The molecule has 43 nitrogen and oxygen atoms in total. The number of H-pyrrole nitrogens is 3. The fourth-order valence-electron chi connectivity index (χ4n) is 15.8. The highest BCUT2D eigenvalue weighted by atomic mass is 35.5. The molecule has 0 saturated heterocycles. The molecule has 0 fully saturated rings. The molecule has 6 aromatic carbocycles. The molecule has 46 heteroatoms. The van der Waals surface area contributed by atoms with E-state index < -0.39 is 0 Å². The number of aliphatic hydroxyl groups is 1. The van der Waals surface area contributed by atoms with Gasteiger partial charge in [-0.05, 0) is 121 Å². The van der Waals surface area contributed by atoms with Crippen LogP contribution in [0.1, 0.15) is 21.8 Å². The molecule has 18 aromatic heterocycles. The molecule has 0 saturated carbocycles. The van der Waals surface area contributed by atoms with E-state index in [2.05, 4.69) is 176 Å². The van der Waals surface area contributed by atoms with Gasteiger partial charge in [-0.25, -0.2) is 103 Å². The summed E-state index contributed by atoms with van der Waals surface area (Å²) in [4.78, 5) is 73.8. The number of nitrogens with two attached hydrogens (primary N) is 7. The highest BCUT2D eigenvalue weighted by Crippen LogP contribution is 2.41. The molecule has 137 heavy (non-hydrogen) atoms. The van der Waals surface area contributed by atoms with Crippen LogP contribution in [0.25, 0.3) is 189 Å². The standard InChI is InChI=1S/2C14H13N7.C14H12N6.C14H15N5.2C12H10ClN5O.C11H11N5OS/c1-20-7-18-9-4-3-8(5-10(9)20)12-11-13(15)16-6-17-14(11)21(2)19-12;1-7-18-9-4-3-8(5-10(9)19-7)12-11-13(15)16-6-17-14(11)21(2)20-12;1-20-14-11(13(15)17-7-18-14)12(19-20)9-3-2-8-4-5-16-10(8)6-9;1-8-4-5-10(6-9(8)2)12-11-13(15)16-7-17-14(11)19(3)18-12;1-18-12-9(11(14)15-5-16-12)10(17-18)7-4-6(19)2-3-8(7)13;1-18-12-9(11(14)15-5-16-12)10(17-18)6-2-3-7(13)8(19)4-6;1-16-11-8(10(12)13-5-14-11)9(15-16)6-2-7(3-17)18-4-6/h3-7H,1-2H3,(H2,15,16,17,19);3-6H,1-2H3,(H,18,19)(H2,15,16,17);2-7,16H,1H3,(H2,15,17,18);4-7H,1-3H3,(H2,15,16,17);2*2-5,19H,1H3,(H2,14,15,16);2,4-5,17H,3H2,1H3,(H2,12,13,14)/p+1. The third kappa shape index (κ3) is 17.2. The molecule has 20 N–H and O–H groups in total. The van der Waals surface area contributed by atoms with E-state index in [-0.39, 0.29) is 23.1 Å². The minimum atomic E-state index is -0.00612. The van der Waals surface area contributed by atoms with Gasteiger partial charge < -0.3 is 70.0 Å². The monoisotopic (exact) mass is 1890 g/mol. The predicted molar refractivity (Wildman–Crippen MR) is 529 cm³/mol. The maximum absolute atomic E-state index is 9.68. The van der Waals surface area contributed by atoms with Gasteiger partial charge in [0.25, 0.3) is 0 Å². The lowest BCUT2D eigenvalue weighted by Crippen LogP contribution is -2.30. The summed E-state index contributed by atoms with van der Waals surface area (Å²) in [5.41, 5.74) is 65.5. The zero-order chi connectivity index (χ0) is 96.2. The number of phenolic OH excluding ortho intramolecular Hbond substituents is 2. The van der Waals surface area contributed by atoms with Crippen LogP contribution in [0.4, 0.5) is 40.7 Å². The van der Waals surface area contributed by atoms with Crippen LogP contribution >= 0.6 is 34.5 Å². The number of hydrogen-bond donors (Lipinski definition) is 13. The zero-order valence-corrected chi connectivity index (χ0v) is 77.3. The largest absolute Gasteiger partial charge is 0.508 e. The van der Waals surface area contributed by atoms with Crippen LogP contribution in [0.15, 0.2) is 184 Å². The van der Waals surface area contributed by atoms with Crippen LogP contribution < -0.4 is 44.8 Å². The quantitative estimate of drug-likeness (QED) is 0.0628. The highest BCUT2D eigenvalue weighted by molar-refractivity contribution is 7.10. The smallest absolute Gasteiger partial charge is 0.356 e. The molecule has 0 bridgehead atoms. The maximum Gasteiger partial charge on any atom is 0.356 e. The minimum Gasteiger partial charge on any atom is -0.508 e. The normalized spacial score (nSPS) is 11.3. The Kier molecular flexibility index (Phi) is 24.0. The lowest BCUT2D eigenvalue weighted by atomic mass is 10.0. The van der Waals surface area contributed by atoms with Crippen molar-refractivity contribution in [3.05, 3.63) is 215 Å². The number of nitrogens with zero attached hydrogens (tertiary/aromatic N) is 30. The fourth-order valence-corrected chi connectivity index (χ4v) is 16.9. The van der Waals surface area contributed by atoms with Crippen molar-refractivity contribution in [2.75, 3.05) is 40.1 Å². The van der Waals surface area contributed by atoms with Crippen molar-refractivity contribution in [3.63, 3.8) is 0 Å². The first-order chi connectivity index (χ1) is 65.9. The summed E-state index contributed by atoms with van der Waals surface area (Å²) in [6.07, 6.45) is 13.8. The molecule has 0 amide bonds. The van der Waals surface area contributed by atoms with E-state index in [9.17, 15) is 10.2 Å². The summed E-state index contributed by atoms with van der Waals surface area (Å²) in [5, 5.41) is 67.5. The number of anilines is 7. The Hall–Kier alpha value is -17.9. The average molecular weight is 1890 g/mol. The van der Waals surface area contributed by atoms with Crippen LogP contribution in [0, 0.1) is 20.8 Å². The Bertz CT molecular complexity index is 8630. The summed E-state index contributed by atoms with van der Waals surface area (Å²) in [6, 6.07) is 38.0. The van der Waals surface area contributed by atoms with E-state index in [0.29, 0.717) is 96.0 Å². The molecule has 24 aromatic rings. The third-order valence-electron chi connectivity index (χ3n) is 22.6. The number of imidazole rings is 2. The van der Waals surface area contributed by atoms with Gasteiger partial charge in [0.15, 0.2) is 33.9 Å². The molecule has 0 radical (unpaired) electrons. The van der Waals surface area contributed by atoms with E-state index in [0.717, 1.165) is 144 Å². The number of aliphatic hydroxyl groups excluding tert-OH is 1. The molecule has 0 aliphatic carbocycles. The molecule has 24 rings (SSSR count). The summed E-state index contributed by atoms with van der Waals surface area (Å²) in [5.74, 6) is 3.89. The minimum absolute atomic E-state index is 0.00612. The Labute approximate surface area is 788 Å². The maximum atomic E-state index is 9.68. The number of aryl methyl sites for hydroxylation is 11. The number of fused-ring (bicyclic) bond motifs is 10. The molecular weight excluding hydrogens is 1800 g/mol. The number of nitrogens with one attached hydrogen (secondary N) is 3. The number of hydrogen-bond acceptors (Lipinski definition) is 33. The molecule has 0 atom stereocenters. The number of aromatic nitrogens is 33. The van der Waals surface area contributed by atoms with Crippen LogP contribution in [0.3, 0.4) is 0 Å². The first-order valence-corrected chi connectivity index (χ1v) is 43.4. The van der Waals surface area contributed by atoms with Gasteiger partial charge in [-0.3, -0.25) is 0 Å². The SMILES string of the molecule is Cc1ccc(-c2nn(C)c3ncnc(N)c23)cc1C.Cc1nc2ccc(-c3nn(C)c4ncnc(N)c34)cc2[nH]1.Cn1cnc2ccc(-c3[nH][n+](C)c4ncnc(N)c34)cc21.Cn1nc(-c2cc(O)ccc2Cl)c2c(N)ncnc21.Cn1nc(-c2ccc(Cl)c(O)c2)c2c(N)ncnc21.Cn1nc(-c2ccc3cc[nH]c3c2)c2c(N)ncnc21.Cn1nc(-c2csc(CO)c2)c2c(N)ncnc21. The number of rotatable bonds is 8. The number of phenols is 2. The molecular formula is C91H85Cl2N40O3S+. The van der Waals surface area contributed by atoms with Gasteiger partial charge in [-0.2, -0.15) is 40.3 Å². The Morgan fingerprint density at radius 1 is 0.394 bits per heavy atom. The highest BCUT2D eigenvalue weighted by Gasteiger charge is 2.26. The molecule has 0 unspecified atom stereocenters. The summed E-state index contributed by atoms with van der Waals surface area (Å²) in [7, 11) is 14.8. The predicted octanol–water partition coefficient (Wildman–Crippen LogP) is 12.1. The lowest BCUT2D eigenvalue weighted by Gasteiger charge is -2.03. The van der Waals surface area contributed by atoms with Gasteiger partial charge in [0, 0.05) is 110 Å². The summed E-state index contributed by atoms with van der Waals surface area (Å²) < 4.78 is 13.9. The second-order valence-corrected chi connectivity index (χ2v) is 33.4. The van der Waals surface area contributed by atoms with E-state index in [1.54, 1.807) is 66.7 Å². The second kappa shape index (κ2) is 36.7. The molecule has 686 valence electrons. The van der Waals surface area contributed by atoms with Crippen LogP contribution in [0.2, 0.25) is 10.0 Å². The number of aromatic amines is 3. The Balaban J connectivity index is 0.000000106. The van der Waals surface area contributed by atoms with E-state index in [4.69, 9.17) is 68.4 Å². The number of aromatic hydroxyl groups is 2. The topological polar surface area (TPSA) is 612 Å². The number of nitrogen functional groups attached to an aromatic ring is 7. The van der Waals surface area contributed by atoms with Gasteiger partial charge >= 0.3 is 5.65 Å². The van der Waals surface area contributed by atoms with E-state index in [1.807, 2.05) is 119 Å². The van der Waals surface area contributed by atoms with Gasteiger partial charge in [-0.1, -0.05) is 65.7 Å². The molecule has 0 aliphatic rings. The molecule has 18 heterocycles. The van der Waals surface area contributed by atoms with Crippen molar-refractivity contribution >= 4 is 185 Å². The molecule has 0 aliphatic heterocycles. The zero-order valence-electron chi connectivity index (χ0n) is 75.0. The first kappa shape index (κ1) is 89.7. The van der Waals surface area contributed by atoms with Crippen LogP contribution in [-0.4, -0.2) is 173 Å². The Morgan fingerprint density at radius 3 is 1.30 bits per heavy atom. The van der Waals surface area contributed by atoms with Crippen molar-refractivity contribution in [2.24, 2.45) is 56.4 Å². The van der Waals surface area contributed by atoms with E-state index >= 15 is 0 Å². The van der Waals surface area contributed by atoms with Gasteiger partial charge in [0.05, 0.1) is 77.4 Å². The van der Waals surface area contributed by atoms with E-state index in [1.165, 1.54) is 90.3 Å². The number of thiophene rings is 1. The average Bonchev–Trinajstić information content (AvgIpc) is 1.64. The van der Waals surface area contributed by atoms with Crippen molar-refractivity contribution in [1.82, 2.24) is 158 Å². The first-order valence-electron chi connectivity index (χ1n) is 41.7. The molecule has 0 spiro atoms. The Morgan fingerprint density at radius 2 is 0.810 bits per heavy atom. The van der Waals surface area contributed by atoms with Crippen LogP contribution in [-0.2, 0) is 63.0 Å². The third-order valence-corrected chi connectivity index (χ3v) is 24.2. The van der Waals surface area contributed by atoms with Crippen molar-refractivity contribution in [1.29, 1.82) is 0 Å². The lowest BCUT2D eigenvalue weighted by molar-refractivity contribution is -0.703. The summed E-state index contributed by atoms with van der Waals surface area (Å²) >= 11 is 13.4. The number of halogens is 2. The number of benzene rings is 6. The fraction of sp³-hybridized carbons (Fsp3) is 0.132. The van der Waals surface area contributed by atoms with Crippen LogP contribution in [0.5, 0.6) is 11.5 Å². The van der Waals surface area contributed by atoms with Crippen molar-refractivity contribution in [3.8, 4) is 90.3 Å². The second-order valence-electron chi connectivity index (χ2n) is 31.6.